The molecule has 0 saturated carbocycles. The number of hydrogen-bond acceptors (Lipinski definition) is 3. The van der Waals surface area contributed by atoms with Crippen molar-refractivity contribution in [3.05, 3.63) is 33.9 Å². The standard InChI is InChI=1S/C9H10N2O2/c12-11(13)8-5-1-3-7-4-2-6-10-9(7)8/h1,3,5,10H,2,4,6H2. The predicted octanol–water partition coefficient (Wildman–Crippen LogP) is 1.95. The Hall–Kier alpha value is -1.58. The molecule has 1 aliphatic heterocycles. The van der Waals surface area contributed by atoms with Gasteiger partial charge < -0.3 is 5.32 Å². The Bertz CT molecular complexity index is 349. The maximum absolute atomic E-state index is 10.6. The van der Waals surface area contributed by atoms with Gasteiger partial charge in [-0.3, -0.25) is 10.1 Å². The number of rotatable bonds is 1. The molecule has 0 saturated heterocycles. The van der Waals surface area contributed by atoms with Crippen LogP contribution < -0.4 is 5.32 Å². The van der Waals surface area contributed by atoms with Gasteiger partial charge in [-0.2, -0.15) is 0 Å². The Morgan fingerprint density at radius 1 is 1.46 bits per heavy atom. The van der Waals surface area contributed by atoms with Crippen molar-refractivity contribution >= 4 is 11.4 Å². The van der Waals surface area contributed by atoms with E-state index in [-0.39, 0.29) is 10.6 Å². The van der Waals surface area contributed by atoms with Gasteiger partial charge in [0.05, 0.1) is 4.92 Å². The molecule has 1 aliphatic rings. The number of aryl methyl sites for hydroxylation is 1. The number of nitro benzene ring substituents is 1. The van der Waals surface area contributed by atoms with Crippen molar-refractivity contribution in [1.29, 1.82) is 0 Å². The van der Waals surface area contributed by atoms with E-state index in [2.05, 4.69) is 5.32 Å². The van der Waals surface area contributed by atoms with Gasteiger partial charge in [0.2, 0.25) is 0 Å². The molecule has 0 amide bonds. The molecule has 68 valence electrons. The van der Waals surface area contributed by atoms with E-state index in [4.69, 9.17) is 0 Å². The average Bonchev–Trinajstić information content (AvgIpc) is 2.17. The van der Waals surface area contributed by atoms with E-state index in [1.807, 2.05) is 6.07 Å². The number of anilines is 1. The third-order valence-electron chi connectivity index (χ3n) is 2.25. The molecule has 13 heavy (non-hydrogen) atoms. The lowest BCUT2D eigenvalue weighted by molar-refractivity contribution is -0.384. The molecule has 4 nitrogen and oxygen atoms in total. The zero-order valence-corrected chi connectivity index (χ0v) is 7.12. The molecule has 1 heterocycles. The zero-order valence-electron chi connectivity index (χ0n) is 7.12. The summed E-state index contributed by atoms with van der Waals surface area (Å²) in [5.74, 6) is 0. The highest BCUT2D eigenvalue weighted by Gasteiger charge is 2.18. The van der Waals surface area contributed by atoms with E-state index in [1.54, 1.807) is 6.07 Å². The summed E-state index contributed by atoms with van der Waals surface area (Å²) in [5, 5.41) is 13.7. The first kappa shape index (κ1) is 8.04. The summed E-state index contributed by atoms with van der Waals surface area (Å²) in [5.41, 5.74) is 1.96. The van der Waals surface area contributed by atoms with Crippen LogP contribution in [-0.2, 0) is 6.42 Å². The predicted molar refractivity (Wildman–Crippen MR) is 49.9 cm³/mol. The fourth-order valence-electron chi connectivity index (χ4n) is 1.64. The Morgan fingerprint density at radius 2 is 2.31 bits per heavy atom. The van der Waals surface area contributed by atoms with Crippen molar-refractivity contribution in [2.75, 3.05) is 11.9 Å². The first-order valence-corrected chi connectivity index (χ1v) is 4.29. The van der Waals surface area contributed by atoms with Crippen molar-refractivity contribution in [3.63, 3.8) is 0 Å². The van der Waals surface area contributed by atoms with Crippen molar-refractivity contribution < 1.29 is 4.92 Å². The van der Waals surface area contributed by atoms with E-state index < -0.39 is 0 Å². The second kappa shape index (κ2) is 3.05. The van der Waals surface area contributed by atoms with Crippen LogP contribution in [0.3, 0.4) is 0 Å². The average molecular weight is 178 g/mol. The minimum atomic E-state index is -0.336. The van der Waals surface area contributed by atoms with Gasteiger partial charge in [-0.05, 0) is 18.4 Å². The molecule has 1 N–H and O–H groups in total. The molecule has 0 spiro atoms. The Morgan fingerprint density at radius 3 is 3.08 bits per heavy atom. The molecule has 0 aromatic heterocycles. The second-order valence-corrected chi connectivity index (χ2v) is 3.10. The lowest BCUT2D eigenvalue weighted by Crippen LogP contribution is -2.13. The van der Waals surface area contributed by atoms with Crippen molar-refractivity contribution in [2.24, 2.45) is 0 Å². The van der Waals surface area contributed by atoms with Crippen LogP contribution in [0, 0.1) is 10.1 Å². The van der Waals surface area contributed by atoms with Gasteiger partial charge in [-0.1, -0.05) is 12.1 Å². The van der Waals surface area contributed by atoms with Gasteiger partial charge >= 0.3 is 0 Å². The molecule has 2 rings (SSSR count). The molecule has 0 unspecified atom stereocenters. The van der Waals surface area contributed by atoms with Crippen LogP contribution in [0.4, 0.5) is 11.4 Å². The third-order valence-corrected chi connectivity index (χ3v) is 2.25. The zero-order chi connectivity index (χ0) is 9.26. The topological polar surface area (TPSA) is 55.2 Å². The quantitative estimate of drug-likeness (QED) is 0.528. The Kier molecular flexibility index (Phi) is 1.88. The molecule has 1 aromatic carbocycles. The normalized spacial score (nSPS) is 14.5. The molecular formula is C9H10N2O2. The SMILES string of the molecule is O=[N+]([O-])c1cccc2c1NCCC2. The summed E-state index contributed by atoms with van der Waals surface area (Å²) < 4.78 is 0. The molecule has 0 atom stereocenters. The van der Waals surface area contributed by atoms with Crippen molar-refractivity contribution in [3.8, 4) is 0 Å². The highest BCUT2D eigenvalue weighted by molar-refractivity contribution is 5.67. The largest absolute Gasteiger partial charge is 0.379 e. The van der Waals surface area contributed by atoms with Gasteiger partial charge in [-0.25, -0.2) is 0 Å². The Labute approximate surface area is 75.7 Å². The summed E-state index contributed by atoms with van der Waals surface area (Å²) >= 11 is 0. The van der Waals surface area contributed by atoms with Gasteiger partial charge in [0.1, 0.15) is 5.69 Å². The van der Waals surface area contributed by atoms with Crippen LogP contribution in [0.2, 0.25) is 0 Å². The number of nitrogens with one attached hydrogen (secondary N) is 1. The van der Waals surface area contributed by atoms with E-state index in [0.717, 1.165) is 24.9 Å². The van der Waals surface area contributed by atoms with Crippen LogP contribution in [0.5, 0.6) is 0 Å². The minimum absolute atomic E-state index is 0.192. The van der Waals surface area contributed by atoms with Crippen LogP contribution in [0.15, 0.2) is 18.2 Å². The van der Waals surface area contributed by atoms with Crippen molar-refractivity contribution in [1.82, 2.24) is 0 Å². The van der Waals surface area contributed by atoms with Crippen LogP contribution in [0.25, 0.3) is 0 Å². The highest BCUT2D eigenvalue weighted by Crippen LogP contribution is 2.31. The highest BCUT2D eigenvalue weighted by atomic mass is 16.6. The molecule has 0 aliphatic carbocycles. The maximum atomic E-state index is 10.6. The Balaban J connectivity index is 2.52. The smallest absolute Gasteiger partial charge is 0.292 e. The monoisotopic (exact) mass is 178 g/mol. The minimum Gasteiger partial charge on any atom is -0.379 e. The number of nitrogens with zero attached hydrogens (tertiary/aromatic N) is 1. The van der Waals surface area contributed by atoms with E-state index >= 15 is 0 Å². The van der Waals surface area contributed by atoms with Gasteiger partial charge in [0, 0.05) is 12.6 Å². The lowest BCUT2D eigenvalue weighted by Gasteiger charge is -2.16. The molecule has 0 fully saturated rings. The summed E-state index contributed by atoms with van der Waals surface area (Å²) in [6.45, 7) is 0.831. The summed E-state index contributed by atoms with van der Waals surface area (Å²) in [6.07, 6.45) is 1.98. The second-order valence-electron chi connectivity index (χ2n) is 3.10. The number of para-hydroxylation sites is 1. The fraction of sp³-hybridized carbons (Fsp3) is 0.333. The first-order chi connectivity index (χ1) is 6.29. The molecule has 0 radical (unpaired) electrons. The first-order valence-electron chi connectivity index (χ1n) is 4.29. The summed E-state index contributed by atoms with van der Waals surface area (Å²) in [6, 6.07) is 5.22. The molecule has 0 bridgehead atoms. The van der Waals surface area contributed by atoms with E-state index in [0.29, 0.717) is 5.69 Å². The number of fused-ring (bicyclic) bond motifs is 1. The lowest BCUT2D eigenvalue weighted by atomic mass is 10.0. The molecule has 4 heteroatoms. The molecule has 1 aromatic rings. The number of hydrogen-bond donors (Lipinski definition) is 1. The third kappa shape index (κ3) is 1.35. The van der Waals surface area contributed by atoms with Gasteiger partial charge in [0.25, 0.3) is 5.69 Å². The van der Waals surface area contributed by atoms with Crippen LogP contribution in [-0.4, -0.2) is 11.5 Å². The number of nitro groups is 1. The van der Waals surface area contributed by atoms with Gasteiger partial charge in [-0.15, -0.1) is 0 Å². The van der Waals surface area contributed by atoms with E-state index in [1.165, 1.54) is 6.07 Å². The summed E-state index contributed by atoms with van der Waals surface area (Å²) in [7, 11) is 0. The van der Waals surface area contributed by atoms with Gasteiger partial charge in [0.15, 0.2) is 0 Å². The van der Waals surface area contributed by atoms with Crippen molar-refractivity contribution in [2.45, 2.75) is 12.8 Å². The van der Waals surface area contributed by atoms with Crippen LogP contribution >= 0.6 is 0 Å². The van der Waals surface area contributed by atoms with E-state index in [9.17, 15) is 10.1 Å². The number of benzene rings is 1. The molecular weight excluding hydrogens is 168 g/mol. The van der Waals surface area contributed by atoms with Crippen LogP contribution in [0.1, 0.15) is 12.0 Å². The fourth-order valence-corrected chi connectivity index (χ4v) is 1.64. The summed E-state index contributed by atoms with van der Waals surface area (Å²) in [4.78, 5) is 10.3. The maximum Gasteiger partial charge on any atom is 0.292 e.